The van der Waals surface area contributed by atoms with Crippen LogP contribution in [0, 0.1) is 5.82 Å². The first-order valence-electron chi connectivity index (χ1n) is 4.38. The quantitative estimate of drug-likeness (QED) is 0.631. The van der Waals surface area contributed by atoms with Gasteiger partial charge in [0.2, 0.25) is 0 Å². The van der Waals surface area contributed by atoms with Crippen molar-refractivity contribution < 1.29 is 26.2 Å². The van der Waals surface area contributed by atoms with Crippen LogP contribution in [0.3, 0.4) is 0 Å². The number of hydrogen-bond acceptors (Lipinski definition) is 4. The summed E-state index contributed by atoms with van der Waals surface area (Å²) in [6, 6.07) is 1.05. The molecule has 0 bridgehead atoms. The Labute approximate surface area is 101 Å². The predicted octanol–water partition coefficient (Wildman–Crippen LogP) is 2.31. The van der Waals surface area contributed by atoms with Crippen LogP contribution >= 0.6 is 11.6 Å². The van der Waals surface area contributed by atoms with E-state index in [0.29, 0.717) is 12.1 Å². The van der Waals surface area contributed by atoms with E-state index in [-0.39, 0.29) is 11.6 Å². The second kappa shape index (κ2) is 4.97. The molecule has 0 aliphatic carbocycles. The van der Waals surface area contributed by atoms with E-state index in [2.05, 4.69) is 4.74 Å². The van der Waals surface area contributed by atoms with Gasteiger partial charge in [0.25, 0.3) is 0 Å². The molecule has 0 unspecified atom stereocenters. The third kappa shape index (κ3) is 3.13. The molecule has 4 nitrogen and oxygen atoms in total. The first-order chi connectivity index (χ1) is 7.77. The maximum Gasteiger partial charge on any atom is 0.339 e. The van der Waals surface area contributed by atoms with E-state index in [1.807, 2.05) is 0 Å². The average Bonchev–Trinajstić information content (AvgIpc) is 2.15. The predicted molar refractivity (Wildman–Crippen MR) is 55.7 cm³/mol. The average molecular weight is 285 g/mol. The maximum atomic E-state index is 13.1. The van der Waals surface area contributed by atoms with Gasteiger partial charge in [0.1, 0.15) is 10.7 Å². The first-order valence-corrected chi connectivity index (χ1v) is 6.14. The lowest BCUT2D eigenvalue weighted by Gasteiger charge is -2.06. The van der Waals surface area contributed by atoms with Crippen LogP contribution in [0.5, 0.6) is 0 Å². The molecule has 0 atom stereocenters. The molecule has 0 amide bonds. The van der Waals surface area contributed by atoms with E-state index in [0.717, 1.165) is 0 Å². The summed E-state index contributed by atoms with van der Waals surface area (Å²) in [5.41, 5.74) is -0.411. The van der Waals surface area contributed by atoms with Crippen molar-refractivity contribution >= 4 is 27.8 Å². The zero-order chi connectivity index (χ0) is 13.2. The Bertz CT molecular complexity index is 556. The number of carbonyl (C=O) groups is 1. The summed E-state index contributed by atoms with van der Waals surface area (Å²) in [6.07, 6.45) is 0. The first kappa shape index (κ1) is 13.9. The number of benzene rings is 1. The summed E-state index contributed by atoms with van der Waals surface area (Å²) >= 11 is 5.52. The lowest BCUT2D eigenvalue weighted by Crippen LogP contribution is -2.08. The smallest absolute Gasteiger partial charge is 0.339 e. The molecule has 0 spiro atoms. The molecule has 94 valence electrons. The van der Waals surface area contributed by atoms with E-state index in [9.17, 15) is 21.5 Å². The van der Waals surface area contributed by atoms with Crippen LogP contribution in [-0.2, 0) is 15.0 Å². The largest absolute Gasteiger partial charge is 0.462 e. The van der Waals surface area contributed by atoms with Gasteiger partial charge in [-0.25, -0.2) is 9.18 Å². The molecule has 0 aromatic heterocycles. The summed E-state index contributed by atoms with van der Waals surface area (Å²) in [5, 5.41) is -0.353. The van der Waals surface area contributed by atoms with Gasteiger partial charge in [-0.3, -0.25) is 0 Å². The van der Waals surface area contributed by atoms with Crippen LogP contribution < -0.4 is 0 Å². The molecule has 0 radical (unpaired) electrons. The molecule has 0 aliphatic heterocycles. The highest BCUT2D eigenvalue weighted by molar-refractivity contribution is 7.86. The fraction of sp³-hybridized carbons (Fsp3) is 0.222. The van der Waals surface area contributed by atoms with Crippen molar-refractivity contribution in [2.45, 2.75) is 11.8 Å². The molecule has 0 saturated heterocycles. The van der Waals surface area contributed by atoms with E-state index < -0.39 is 32.5 Å². The monoisotopic (exact) mass is 284 g/mol. The second-order valence-corrected chi connectivity index (χ2v) is 4.64. The molecule has 0 N–H and O–H groups in total. The van der Waals surface area contributed by atoms with Gasteiger partial charge in [0.15, 0.2) is 0 Å². The third-order valence-electron chi connectivity index (χ3n) is 1.78. The number of carbonyl (C=O) groups excluding carboxylic acids is 1. The van der Waals surface area contributed by atoms with Crippen molar-refractivity contribution in [3.8, 4) is 0 Å². The van der Waals surface area contributed by atoms with Crippen LogP contribution in [0.25, 0.3) is 0 Å². The Balaban J connectivity index is 3.39. The van der Waals surface area contributed by atoms with E-state index in [1.54, 1.807) is 0 Å². The van der Waals surface area contributed by atoms with Crippen LogP contribution in [0.1, 0.15) is 17.3 Å². The molecule has 1 aromatic rings. The van der Waals surface area contributed by atoms with Gasteiger partial charge < -0.3 is 4.74 Å². The van der Waals surface area contributed by atoms with Crippen molar-refractivity contribution in [3.63, 3.8) is 0 Å². The van der Waals surface area contributed by atoms with Gasteiger partial charge in [-0.15, -0.1) is 3.89 Å². The number of halogens is 3. The van der Waals surface area contributed by atoms with Crippen molar-refractivity contribution in [2.75, 3.05) is 6.61 Å². The van der Waals surface area contributed by atoms with Gasteiger partial charge in [-0.2, -0.15) is 8.42 Å². The van der Waals surface area contributed by atoms with E-state index in [4.69, 9.17) is 11.6 Å². The lowest BCUT2D eigenvalue weighted by molar-refractivity contribution is 0.0526. The van der Waals surface area contributed by atoms with Gasteiger partial charge in [-0.1, -0.05) is 11.6 Å². The number of ether oxygens (including phenoxy) is 1. The van der Waals surface area contributed by atoms with E-state index >= 15 is 0 Å². The molecule has 0 heterocycles. The zero-order valence-electron chi connectivity index (χ0n) is 8.54. The standard InChI is InChI=1S/C9H7ClF2O4S/c1-2-16-9(13)5-3-8(17(12,14)15)7(11)4-6(5)10/h3-4H,2H2,1H3. The van der Waals surface area contributed by atoms with Crippen molar-refractivity contribution in [1.29, 1.82) is 0 Å². The summed E-state index contributed by atoms with van der Waals surface area (Å²) in [4.78, 5) is 10.1. The third-order valence-corrected chi connectivity index (χ3v) is 2.93. The minimum Gasteiger partial charge on any atom is -0.462 e. The summed E-state index contributed by atoms with van der Waals surface area (Å²) < 4.78 is 51.5. The molecule has 17 heavy (non-hydrogen) atoms. The Morgan fingerprint density at radius 1 is 1.47 bits per heavy atom. The molecule has 0 saturated carbocycles. The minimum atomic E-state index is -5.26. The fourth-order valence-electron chi connectivity index (χ4n) is 1.08. The van der Waals surface area contributed by atoms with Crippen LogP contribution in [0.15, 0.2) is 17.0 Å². The SMILES string of the molecule is CCOC(=O)c1cc(S(=O)(=O)F)c(F)cc1Cl. The maximum absolute atomic E-state index is 13.1. The highest BCUT2D eigenvalue weighted by atomic mass is 35.5. The molecule has 1 rings (SSSR count). The highest BCUT2D eigenvalue weighted by Gasteiger charge is 2.23. The summed E-state index contributed by atoms with van der Waals surface area (Å²) in [5.74, 6) is -2.33. The Hall–Kier alpha value is -1.21. The van der Waals surface area contributed by atoms with Crippen LogP contribution in [0.4, 0.5) is 8.28 Å². The molecule has 0 aliphatic rings. The van der Waals surface area contributed by atoms with Crippen molar-refractivity contribution in [2.24, 2.45) is 0 Å². The van der Waals surface area contributed by atoms with Crippen molar-refractivity contribution in [1.82, 2.24) is 0 Å². The van der Waals surface area contributed by atoms with Crippen LogP contribution in [-0.4, -0.2) is 21.0 Å². The Morgan fingerprint density at radius 2 is 2.06 bits per heavy atom. The number of hydrogen-bond donors (Lipinski definition) is 0. The van der Waals surface area contributed by atoms with Gasteiger partial charge >= 0.3 is 16.2 Å². The Kier molecular flexibility index (Phi) is 4.05. The number of esters is 1. The minimum absolute atomic E-state index is 0.0181. The van der Waals surface area contributed by atoms with E-state index in [1.165, 1.54) is 6.92 Å². The summed E-state index contributed by atoms with van der Waals surface area (Å²) in [6.45, 7) is 1.53. The lowest BCUT2D eigenvalue weighted by atomic mass is 10.2. The van der Waals surface area contributed by atoms with Gasteiger partial charge in [0, 0.05) is 0 Å². The van der Waals surface area contributed by atoms with Gasteiger partial charge in [0.05, 0.1) is 17.2 Å². The molecular weight excluding hydrogens is 278 g/mol. The van der Waals surface area contributed by atoms with Crippen molar-refractivity contribution in [3.05, 3.63) is 28.5 Å². The highest BCUT2D eigenvalue weighted by Crippen LogP contribution is 2.25. The molecule has 8 heteroatoms. The Morgan fingerprint density at radius 3 is 2.53 bits per heavy atom. The second-order valence-electron chi connectivity index (χ2n) is 2.92. The molecule has 1 aromatic carbocycles. The fourth-order valence-corrected chi connectivity index (χ4v) is 1.86. The molecule has 0 fully saturated rings. The van der Waals surface area contributed by atoms with Gasteiger partial charge in [-0.05, 0) is 19.1 Å². The zero-order valence-corrected chi connectivity index (χ0v) is 10.1. The van der Waals surface area contributed by atoms with Crippen LogP contribution in [0.2, 0.25) is 5.02 Å². The topological polar surface area (TPSA) is 60.4 Å². The normalized spacial score (nSPS) is 11.3. The number of rotatable bonds is 3. The summed E-state index contributed by atoms with van der Waals surface area (Å²) in [7, 11) is -5.26. The molecular formula is C9H7ClF2O4S.